The van der Waals surface area contributed by atoms with E-state index in [1.54, 1.807) is 11.0 Å². The molecule has 5 nitrogen and oxygen atoms in total. The van der Waals surface area contributed by atoms with Crippen LogP contribution in [0.5, 0.6) is 0 Å². The first-order valence-electron chi connectivity index (χ1n) is 10.7. The van der Waals surface area contributed by atoms with Gasteiger partial charge in [0.25, 0.3) is 0 Å². The number of carbonyl (C=O) groups is 2. The van der Waals surface area contributed by atoms with Gasteiger partial charge < -0.3 is 15.0 Å². The SMILES string of the molecule is CC(=CC(=O)NCCC1CCCN(C(=O)OC(C)(C)C)C1)CCc1ccccc1. The maximum Gasteiger partial charge on any atom is 0.410 e. The Bertz CT molecular complexity index is 692. The predicted molar refractivity (Wildman–Crippen MR) is 117 cm³/mol. The lowest BCUT2D eigenvalue weighted by atomic mass is 9.95. The first-order chi connectivity index (χ1) is 13.7. The summed E-state index contributed by atoms with van der Waals surface area (Å²) in [6.45, 7) is 9.75. The molecule has 29 heavy (non-hydrogen) atoms. The van der Waals surface area contributed by atoms with Gasteiger partial charge in [-0.25, -0.2) is 4.79 Å². The number of aryl methyl sites for hydroxylation is 1. The molecule has 1 unspecified atom stereocenters. The number of likely N-dealkylation sites (tertiary alicyclic amines) is 1. The molecule has 1 heterocycles. The van der Waals surface area contributed by atoms with Crippen LogP contribution in [0.2, 0.25) is 0 Å². The van der Waals surface area contributed by atoms with Crippen molar-refractivity contribution in [3.8, 4) is 0 Å². The van der Waals surface area contributed by atoms with Gasteiger partial charge in [0, 0.05) is 25.7 Å². The molecular weight excluding hydrogens is 364 g/mol. The topological polar surface area (TPSA) is 58.6 Å². The molecule has 1 N–H and O–H groups in total. The summed E-state index contributed by atoms with van der Waals surface area (Å²) >= 11 is 0. The summed E-state index contributed by atoms with van der Waals surface area (Å²) in [5.41, 5.74) is 1.90. The molecule has 0 aliphatic carbocycles. The lowest BCUT2D eigenvalue weighted by molar-refractivity contribution is -0.116. The van der Waals surface area contributed by atoms with Crippen molar-refractivity contribution in [3.05, 3.63) is 47.5 Å². The Morgan fingerprint density at radius 3 is 2.66 bits per heavy atom. The van der Waals surface area contributed by atoms with E-state index in [1.165, 1.54) is 5.56 Å². The van der Waals surface area contributed by atoms with Gasteiger partial charge in [0.05, 0.1) is 0 Å². The molecule has 0 saturated carbocycles. The lowest BCUT2D eigenvalue weighted by Crippen LogP contribution is -2.43. The maximum absolute atomic E-state index is 12.3. The highest BCUT2D eigenvalue weighted by Crippen LogP contribution is 2.21. The van der Waals surface area contributed by atoms with Gasteiger partial charge in [-0.15, -0.1) is 0 Å². The Morgan fingerprint density at radius 1 is 1.24 bits per heavy atom. The molecule has 2 amide bonds. The van der Waals surface area contributed by atoms with Gasteiger partial charge in [-0.05, 0) is 71.3 Å². The number of nitrogens with zero attached hydrogens (tertiary/aromatic N) is 1. The van der Waals surface area contributed by atoms with Crippen molar-refractivity contribution in [2.75, 3.05) is 19.6 Å². The van der Waals surface area contributed by atoms with Crippen LogP contribution in [0.4, 0.5) is 4.79 Å². The fourth-order valence-electron chi connectivity index (χ4n) is 3.53. The molecule has 1 aliphatic heterocycles. The second-order valence-corrected chi connectivity index (χ2v) is 8.99. The molecule has 1 aromatic carbocycles. The average molecular weight is 401 g/mol. The minimum absolute atomic E-state index is 0.0321. The third-order valence-electron chi connectivity index (χ3n) is 5.05. The second-order valence-electron chi connectivity index (χ2n) is 8.99. The van der Waals surface area contributed by atoms with Crippen LogP contribution >= 0.6 is 0 Å². The Kier molecular flexibility index (Phi) is 8.74. The summed E-state index contributed by atoms with van der Waals surface area (Å²) in [6, 6.07) is 10.3. The minimum atomic E-state index is -0.470. The molecule has 0 radical (unpaired) electrons. The van der Waals surface area contributed by atoms with Gasteiger partial charge in [-0.1, -0.05) is 35.9 Å². The Hall–Kier alpha value is -2.30. The van der Waals surface area contributed by atoms with Crippen LogP contribution in [0.25, 0.3) is 0 Å². The number of carbonyl (C=O) groups excluding carboxylic acids is 2. The first kappa shape index (κ1) is 23.0. The van der Waals surface area contributed by atoms with E-state index in [4.69, 9.17) is 4.74 Å². The number of benzene rings is 1. The Labute approximate surface area is 175 Å². The van der Waals surface area contributed by atoms with Crippen molar-refractivity contribution in [1.82, 2.24) is 10.2 Å². The van der Waals surface area contributed by atoms with E-state index in [2.05, 4.69) is 17.4 Å². The molecule has 0 bridgehead atoms. The fourth-order valence-corrected chi connectivity index (χ4v) is 3.53. The number of piperidine rings is 1. The van der Waals surface area contributed by atoms with Crippen molar-refractivity contribution in [1.29, 1.82) is 0 Å². The van der Waals surface area contributed by atoms with E-state index in [9.17, 15) is 9.59 Å². The van der Waals surface area contributed by atoms with E-state index in [0.29, 0.717) is 19.0 Å². The number of amides is 2. The highest BCUT2D eigenvalue weighted by Gasteiger charge is 2.27. The van der Waals surface area contributed by atoms with Crippen LogP contribution in [0, 0.1) is 5.92 Å². The number of rotatable bonds is 7. The zero-order valence-corrected chi connectivity index (χ0v) is 18.4. The lowest BCUT2D eigenvalue weighted by Gasteiger charge is -2.34. The van der Waals surface area contributed by atoms with Gasteiger partial charge in [0.15, 0.2) is 0 Å². The van der Waals surface area contributed by atoms with Crippen molar-refractivity contribution in [3.63, 3.8) is 0 Å². The van der Waals surface area contributed by atoms with Crippen LogP contribution in [0.1, 0.15) is 58.9 Å². The monoisotopic (exact) mass is 400 g/mol. The molecule has 2 rings (SSSR count). The molecule has 0 aromatic heterocycles. The smallest absolute Gasteiger partial charge is 0.410 e. The summed E-state index contributed by atoms with van der Waals surface area (Å²) < 4.78 is 5.48. The average Bonchev–Trinajstić information content (AvgIpc) is 2.66. The minimum Gasteiger partial charge on any atom is -0.444 e. The van der Waals surface area contributed by atoms with Crippen LogP contribution in [-0.2, 0) is 16.0 Å². The summed E-state index contributed by atoms with van der Waals surface area (Å²) in [7, 11) is 0. The zero-order valence-electron chi connectivity index (χ0n) is 18.4. The summed E-state index contributed by atoms with van der Waals surface area (Å²) in [6.07, 6.45) is 6.24. The van der Waals surface area contributed by atoms with Crippen molar-refractivity contribution in [2.24, 2.45) is 5.92 Å². The zero-order chi connectivity index (χ0) is 21.3. The molecule has 1 atom stereocenters. The van der Waals surface area contributed by atoms with E-state index in [0.717, 1.165) is 44.2 Å². The molecule has 5 heteroatoms. The normalized spacial score (nSPS) is 17.7. The van der Waals surface area contributed by atoms with Gasteiger partial charge in [-0.3, -0.25) is 4.79 Å². The Balaban J connectivity index is 1.68. The van der Waals surface area contributed by atoms with Gasteiger partial charge in [0.1, 0.15) is 5.60 Å². The fraction of sp³-hybridized carbons (Fsp3) is 0.583. The third kappa shape index (κ3) is 9.16. The van der Waals surface area contributed by atoms with Crippen molar-refractivity contribution in [2.45, 2.75) is 65.4 Å². The first-order valence-corrected chi connectivity index (χ1v) is 10.7. The molecule has 160 valence electrons. The number of hydrogen-bond donors (Lipinski definition) is 1. The second kappa shape index (κ2) is 11.0. The number of ether oxygens (including phenoxy) is 1. The molecule has 1 aliphatic rings. The van der Waals surface area contributed by atoms with E-state index >= 15 is 0 Å². The largest absolute Gasteiger partial charge is 0.444 e. The van der Waals surface area contributed by atoms with Gasteiger partial charge in [0.2, 0.25) is 5.91 Å². The standard InChI is InChI=1S/C24H36N2O3/c1-19(12-13-20-9-6-5-7-10-20)17-22(27)25-15-14-21-11-8-16-26(18-21)23(28)29-24(2,3)4/h5-7,9-10,17,21H,8,11-16,18H2,1-4H3,(H,25,27). The number of allylic oxidation sites excluding steroid dienone is 1. The summed E-state index contributed by atoms with van der Waals surface area (Å²) in [5, 5.41) is 2.99. The number of nitrogens with one attached hydrogen (secondary N) is 1. The van der Waals surface area contributed by atoms with E-state index < -0.39 is 5.60 Å². The van der Waals surface area contributed by atoms with Crippen molar-refractivity contribution >= 4 is 12.0 Å². The number of hydrogen-bond acceptors (Lipinski definition) is 3. The highest BCUT2D eigenvalue weighted by molar-refractivity contribution is 5.88. The molecule has 1 fully saturated rings. The highest BCUT2D eigenvalue weighted by atomic mass is 16.6. The summed E-state index contributed by atoms with van der Waals surface area (Å²) in [5.74, 6) is 0.370. The van der Waals surface area contributed by atoms with Crippen LogP contribution in [0.3, 0.4) is 0 Å². The maximum atomic E-state index is 12.3. The molecular formula is C24H36N2O3. The predicted octanol–water partition coefficient (Wildman–Crippen LogP) is 4.72. The molecule has 0 spiro atoms. The van der Waals surface area contributed by atoms with Gasteiger partial charge >= 0.3 is 6.09 Å². The summed E-state index contributed by atoms with van der Waals surface area (Å²) in [4.78, 5) is 26.2. The van der Waals surface area contributed by atoms with Crippen molar-refractivity contribution < 1.29 is 14.3 Å². The third-order valence-corrected chi connectivity index (χ3v) is 5.05. The van der Waals surface area contributed by atoms with Gasteiger partial charge in [-0.2, -0.15) is 0 Å². The van der Waals surface area contributed by atoms with Crippen LogP contribution in [-0.4, -0.2) is 42.1 Å². The molecule has 1 saturated heterocycles. The quantitative estimate of drug-likeness (QED) is 0.674. The molecule has 1 aromatic rings. The van der Waals surface area contributed by atoms with Crippen LogP contribution in [0.15, 0.2) is 42.0 Å². The van der Waals surface area contributed by atoms with E-state index in [1.807, 2.05) is 45.9 Å². The van der Waals surface area contributed by atoms with E-state index in [-0.39, 0.29) is 12.0 Å². The Morgan fingerprint density at radius 2 is 1.97 bits per heavy atom. The van der Waals surface area contributed by atoms with Crippen LogP contribution < -0.4 is 5.32 Å².